The summed E-state index contributed by atoms with van der Waals surface area (Å²) in [5.74, 6) is -1.86. The second kappa shape index (κ2) is 8.81. The topological polar surface area (TPSA) is 78.9 Å². The Bertz CT molecular complexity index is 1000. The maximum absolute atomic E-state index is 13.6. The van der Waals surface area contributed by atoms with Crippen LogP contribution >= 0.6 is 0 Å². The third-order valence-electron chi connectivity index (χ3n) is 3.57. The number of hydrogen-bond donors (Lipinski definition) is 1. The number of ether oxygens (including phenoxy) is 1. The summed E-state index contributed by atoms with van der Waals surface area (Å²) in [5, 5.41) is 24.9. The summed E-state index contributed by atoms with van der Waals surface area (Å²) in [6.07, 6.45) is 0. The van der Waals surface area contributed by atoms with E-state index in [4.69, 9.17) is 9.84 Å². The first kappa shape index (κ1) is 19.1. The van der Waals surface area contributed by atoms with Gasteiger partial charge in [-0.3, -0.25) is 0 Å². The van der Waals surface area contributed by atoms with Gasteiger partial charge in [-0.25, -0.2) is 8.78 Å². The van der Waals surface area contributed by atoms with E-state index in [0.717, 1.165) is 11.8 Å². The zero-order chi connectivity index (χ0) is 19.9. The van der Waals surface area contributed by atoms with Gasteiger partial charge in [0.25, 0.3) is 0 Å². The normalized spacial score (nSPS) is 11.4. The van der Waals surface area contributed by atoms with Crippen LogP contribution in [-0.2, 0) is 0 Å². The van der Waals surface area contributed by atoms with Gasteiger partial charge in [0.05, 0.1) is 23.7 Å². The number of rotatable bonds is 6. The zero-order valence-corrected chi connectivity index (χ0v) is 14.9. The van der Waals surface area contributed by atoms with Gasteiger partial charge in [0.2, 0.25) is 0 Å². The third kappa shape index (κ3) is 4.94. The molecule has 3 rings (SSSR count). The molecular formula is C20H16F2N4O2. The molecule has 0 aliphatic rings. The molecule has 0 fully saturated rings. The van der Waals surface area contributed by atoms with Crippen molar-refractivity contribution >= 4 is 22.7 Å². The van der Waals surface area contributed by atoms with Gasteiger partial charge >= 0.3 is 0 Å². The van der Waals surface area contributed by atoms with E-state index in [1.165, 1.54) is 0 Å². The first-order valence-corrected chi connectivity index (χ1v) is 8.39. The van der Waals surface area contributed by atoms with Gasteiger partial charge < -0.3 is 9.84 Å². The minimum Gasteiger partial charge on any atom is -0.505 e. The molecule has 0 atom stereocenters. The van der Waals surface area contributed by atoms with Gasteiger partial charge in [-0.15, -0.1) is 5.11 Å². The Labute approximate surface area is 159 Å². The van der Waals surface area contributed by atoms with E-state index >= 15 is 0 Å². The maximum Gasteiger partial charge on any atom is 0.167 e. The summed E-state index contributed by atoms with van der Waals surface area (Å²) in [7, 11) is 0. The van der Waals surface area contributed by atoms with Crippen molar-refractivity contribution in [3.8, 4) is 11.5 Å². The highest BCUT2D eigenvalue weighted by atomic mass is 19.1. The molecule has 28 heavy (non-hydrogen) atoms. The molecular weight excluding hydrogens is 366 g/mol. The standard InChI is InChI=1S/C20H16F2N4O2/c1-2-28-16-9-7-15(8-10-16)24-23-13-3-5-14(6-4-13)25-26-19-11-18(22)20(27)12-17(19)21/h3-12,27H,2H2,1H3. The van der Waals surface area contributed by atoms with Crippen LogP contribution in [0.2, 0.25) is 0 Å². The fraction of sp³-hybridized carbons (Fsp3) is 0.100. The molecule has 0 aliphatic heterocycles. The summed E-state index contributed by atoms with van der Waals surface area (Å²) < 4.78 is 32.2. The fourth-order valence-electron chi connectivity index (χ4n) is 2.19. The number of phenolic OH excluding ortho intramolecular Hbond substituents is 1. The highest BCUT2D eigenvalue weighted by molar-refractivity contribution is 5.49. The lowest BCUT2D eigenvalue weighted by atomic mass is 10.3. The quantitative estimate of drug-likeness (QED) is 0.471. The second-order valence-electron chi connectivity index (χ2n) is 5.60. The van der Waals surface area contributed by atoms with Crippen LogP contribution in [0.1, 0.15) is 6.92 Å². The molecule has 0 spiro atoms. The van der Waals surface area contributed by atoms with Gasteiger partial charge in [0, 0.05) is 12.1 Å². The van der Waals surface area contributed by atoms with Crippen LogP contribution in [0.3, 0.4) is 0 Å². The van der Waals surface area contributed by atoms with Crippen molar-refractivity contribution in [2.24, 2.45) is 20.5 Å². The molecule has 0 saturated carbocycles. The summed E-state index contributed by atoms with van der Waals surface area (Å²) >= 11 is 0. The largest absolute Gasteiger partial charge is 0.505 e. The maximum atomic E-state index is 13.6. The summed E-state index contributed by atoms with van der Waals surface area (Å²) in [6, 6.07) is 15.2. The van der Waals surface area contributed by atoms with Gasteiger partial charge in [-0.1, -0.05) is 0 Å². The molecule has 142 valence electrons. The smallest absolute Gasteiger partial charge is 0.167 e. The van der Waals surface area contributed by atoms with Crippen LogP contribution in [0.15, 0.2) is 81.1 Å². The lowest BCUT2D eigenvalue weighted by Gasteiger charge is -2.01. The van der Waals surface area contributed by atoms with Crippen LogP contribution < -0.4 is 4.74 Å². The summed E-state index contributed by atoms with van der Waals surface area (Å²) in [4.78, 5) is 0. The Morgan fingerprint density at radius 1 is 0.750 bits per heavy atom. The van der Waals surface area contributed by atoms with E-state index in [9.17, 15) is 8.78 Å². The van der Waals surface area contributed by atoms with E-state index < -0.39 is 17.4 Å². The molecule has 3 aromatic carbocycles. The van der Waals surface area contributed by atoms with Gasteiger partial charge in [0.1, 0.15) is 11.4 Å². The predicted molar refractivity (Wildman–Crippen MR) is 100 cm³/mol. The molecule has 3 aromatic rings. The van der Waals surface area contributed by atoms with Crippen molar-refractivity contribution in [1.29, 1.82) is 0 Å². The molecule has 1 N–H and O–H groups in total. The second-order valence-corrected chi connectivity index (χ2v) is 5.60. The molecule has 8 heteroatoms. The van der Waals surface area contributed by atoms with Crippen molar-refractivity contribution in [3.05, 3.63) is 72.3 Å². The van der Waals surface area contributed by atoms with Gasteiger partial charge in [0.15, 0.2) is 17.4 Å². The molecule has 0 aliphatic carbocycles. The summed E-state index contributed by atoms with van der Waals surface area (Å²) in [5.41, 5.74) is 1.38. The summed E-state index contributed by atoms with van der Waals surface area (Å²) in [6.45, 7) is 2.51. The number of halogens is 2. The lowest BCUT2D eigenvalue weighted by molar-refractivity contribution is 0.340. The number of aromatic hydroxyl groups is 1. The Morgan fingerprint density at radius 3 is 1.79 bits per heavy atom. The van der Waals surface area contributed by atoms with E-state index in [2.05, 4.69) is 20.5 Å². The molecule has 0 amide bonds. The molecule has 0 aromatic heterocycles. The van der Waals surface area contributed by atoms with Crippen molar-refractivity contribution in [1.82, 2.24) is 0 Å². The van der Waals surface area contributed by atoms with Crippen molar-refractivity contribution in [2.75, 3.05) is 6.61 Å². The van der Waals surface area contributed by atoms with E-state index in [1.54, 1.807) is 36.4 Å². The van der Waals surface area contributed by atoms with E-state index in [1.807, 2.05) is 19.1 Å². The Morgan fingerprint density at radius 2 is 1.25 bits per heavy atom. The molecule has 0 unspecified atom stereocenters. The zero-order valence-electron chi connectivity index (χ0n) is 14.9. The number of azo groups is 2. The van der Waals surface area contributed by atoms with E-state index in [-0.39, 0.29) is 5.69 Å². The minimum absolute atomic E-state index is 0.311. The van der Waals surface area contributed by atoms with Crippen molar-refractivity contribution < 1.29 is 18.6 Å². The Hall–Kier alpha value is -3.68. The Balaban J connectivity index is 1.67. The first-order valence-electron chi connectivity index (χ1n) is 8.39. The molecule has 0 heterocycles. The fourth-order valence-corrected chi connectivity index (χ4v) is 2.19. The number of phenols is 1. The average Bonchev–Trinajstić information content (AvgIpc) is 2.70. The SMILES string of the molecule is CCOc1ccc(N=Nc2ccc(N=Nc3cc(F)c(O)cc3F)cc2)cc1. The minimum atomic E-state index is -0.972. The number of benzene rings is 3. The predicted octanol–water partition coefficient (Wildman–Crippen LogP) is 6.90. The van der Waals surface area contributed by atoms with E-state index in [0.29, 0.717) is 29.7 Å². The van der Waals surface area contributed by atoms with Crippen LogP contribution in [0.4, 0.5) is 31.5 Å². The highest BCUT2D eigenvalue weighted by Gasteiger charge is 2.08. The lowest BCUT2D eigenvalue weighted by Crippen LogP contribution is -1.89. The van der Waals surface area contributed by atoms with Crippen molar-refractivity contribution in [3.63, 3.8) is 0 Å². The highest BCUT2D eigenvalue weighted by Crippen LogP contribution is 2.28. The van der Waals surface area contributed by atoms with Gasteiger partial charge in [-0.2, -0.15) is 15.3 Å². The van der Waals surface area contributed by atoms with Crippen molar-refractivity contribution in [2.45, 2.75) is 6.92 Å². The first-order chi connectivity index (χ1) is 13.5. The third-order valence-corrected chi connectivity index (χ3v) is 3.57. The average molecular weight is 382 g/mol. The molecule has 0 radical (unpaired) electrons. The molecule has 0 saturated heterocycles. The monoisotopic (exact) mass is 382 g/mol. The molecule has 6 nitrogen and oxygen atoms in total. The van der Waals surface area contributed by atoms with Crippen LogP contribution in [-0.4, -0.2) is 11.7 Å². The van der Waals surface area contributed by atoms with Crippen LogP contribution in [0, 0.1) is 11.6 Å². The van der Waals surface area contributed by atoms with Crippen LogP contribution in [0.5, 0.6) is 11.5 Å². The number of hydrogen-bond acceptors (Lipinski definition) is 6. The number of nitrogens with zero attached hydrogens (tertiary/aromatic N) is 4. The Kier molecular flexibility index (Phi) is 6.01. The van der Waals surface area contributed by atoms with Crippen LogP contribution in [0.25, 0.3) is 0 Å². The van der Waals surface area contributed by atoms with Gasteiger partial charge in [-0.05, 0) is 55.5 Å². The molecule has 0 bridgehead atoms.